The van der Waals surface area contributed by atoms with Gasteiger partial charge in [0, 0.05) is 6.54 Å². The van der Waals surface area contributed by atoms with E-state index in [1.807, 2.05) is 30.3 Å². The third-order valence-corrected chi connectivity index (χ3v) is 2.49. The summed E-state index contributed by atoms with van der Waals surface area (Å²) in [7, 11) is 0. The molecule has 0 aliphatic carbocycles. The number of hydrogen-bond donors (Lipinski definition) is 3. The Morgan fingerprint density at radius 1 is 1.29 bits per heavy atom. The van der Waals surface area contributed by atoms with E-state index in [-0.39, 0.29) is 0 Å². The molecule has 0 unspecified atom stereocenters. The fraction of sp³-hybridized carbons (Fsp3) is 0.300. The minimum absolute atomic E-state index is 0.319. The molecule has 1 aromatic rings. The molecular formula is C10H11Cl3N2O2. The summed E-state index contributed by atoms with van der Waals surface area (Å²) < 4.78 is -1.95. The Labute approximate surface area is 114 Å². The van der Waals surface area contributed by atoms with Crippen molar-refractivity contribution in [3.05, 3.63) is 35.9 Å². The van der Waals surface area contributed by atoms with Gasteiger partial charge in [-0.05, 0) is 5.56 Å². The van der Waals surface area contributed by atoms with Crippen molar-refractivity contribution in [2.75, 3.05) is 0 Å². The zero-order valence-corrected chi connectivity index (χ0v) is 10.9. The van der Waals surface area contributed by atoms with Gasteiger partial charge in [-0.3, -0.25) is 0 Å². The molecule has 17 heavy (non-hydrogen) atoms. The lowest BCUT2D eigenvalue weighted by Crippen LogP contribution is -2.47. The van der Waals surface area contributed by atoms with Crippen molar-refractivity contribution < 1.29 is 9.90 Å². The molecule has 3 N–H and O–H groups in total. The summed E-state index contributed by atoms with van der Waals surface area (Å²) in [6.07, 6.45) is -1.57. The number of benzene rings is 1. The number of nitrogens with one attached hydrogen (secondary N) is 2. The van der Waals surface area contributed by atoms with E-state index in [0.717, 1.165) is 5.56 Å². The Bertz CT molecular complexity index is 368. The molecule has 0 saturated heterocycles. The lowest BCUT2D eigenvalue weighted by molar-refractivity contribution is 0.144. The summed E-state index contributed by atoms with van der Waals surface area (Å²) in [5, 5.41) is 13.9. The van der Waals surface area contributed by atoms with E-state index in [4.69, 9.17) is 34.8 Å². The number of aliphatic hydroxyl groups is 1. The van der Waals surface area contributed by atoms with E-state index >= 15 is 0 Å². The predicted octanol–water partition coefficient (Wildman–Crippen LogP) is 2.17. The summed E-state index contributed by atoms with van der Waals surface area (Å²) in [6, 6.07) is 8.66. The van der Waals surface area contributed by atoms with Crippen LogP contribution in [0.3, 0.4) is 0 Å². The summed E-state index contributed by atoms with van der Waals surface area (Å²) in [5.74, 6) is 0. The fourth-order valence-electron chi connectivity index (χ4n) is 1.04. The molecular weight excluding hydrogens is 286 g/mol. The third kappa shape index (κ3) is 5.46. The Kier molecular flexibility index (Phi) is 5.33. The van der Waals surface area contributed by atoms with Crippen molar-refractivity contribution in [1.82, 2.24) is 10.6 Å². The second kappa shape index (κ2) is 6.31. The van der Waals surface area contributed by atoms with Gasteiger partial charge in [0.25, 0.3) is 0 Å². The van der Waals surface area contributed by atoms with Crippen LogP contribution in [0.2, 0.25) is 0 Å². The molecule has 1 atom stereocenters. The summed E-state index contributed by atoms with van der Waals surface area (Å²) >= 11 is 16.1. The van der Waals surface area contributed by atoms with E-state index in [9.17, 15) is 9.90 Å². The van der Waals surface area contributed by atoms with E-state index in [1.54, 1.807) is 0 Å². The normalized spacial score (nSPS) is 12.9. The Morgan fingerprint density at radius 2 is 1.88 bits per heavy atom. The smallest absolute Gasteiger partial charge is 0.317 e. The van der Waals surface area contributed by atoms with E-state index in [0.29, 0.717) is 6.54 Å². The van der Waals surface area contributed by atoms with Gasteiger partial charge in [-0.15, -0.1) is 0 Å². The number of rotatable bonds is 3. The van der Waals surface area contributed by atoms with E-state index < -0.39 is 16.1 Å². The Hall–Kier alpha value is -0.680. The van der Waals surface area contributed by atoms with Gasteiger partial charge in [0.2, 0.25) is 3.79 Å². The number of carbonyl (C=O) groups is 1. The molecule has 0 aliphatic rings. The monoisotopic (exact) mass is 296 g/mol. The molecule has 1 rings (SSSR count). The molecule has 2 amide bonds. The molecule has 1 aromatic carbocycles. The minimum atomic E-state index is -1.95. The van der Waals surface area contributed by atoms with Crippen molar-refractivity contribution in [1.29, 1.82) is 0 Å². The topological polar surface area (TPSA) is 61.4 Å². The lowest BCUT2D eigenvalue weighted by atomic mass is 10.2. The van der Waals surface area contributed by atoms with Crippen LogP contribution in [0.5, 0.6) is 0 Å². The minimum Gasteiger partial charge on any atom is -0.369 e. The van der Waals surface area contributed by atoms with Gasteiger partial charge in [-0.25, -0.2) is 4.79 Å². The SMILES string of the molecule is O=C(NCc1ccccc1)N[C@@H](O)C(Cl)(Cl)Cl. The summed E-state index contributed by atoms with van der Waals surface area (Å²) in [5.41, 5.74) is 0.922. The number of aliphatic hydroxyl groups excluding tert-OH is 1. The van der Waals surface area contributed by atoms with Crippen LogP contribution < -0.4 is 10.6 Å². The highest BCUT2D eigenvalue weighted by Crippen LogP contribution is 2.28. The van der Waals surface area contributed by atoms with Gasteiger partial charge in [-0.2, -0.15) is 0 Å². The molecule has 94 valence electrons. The van der Waals surface area contributed by atoms with Crippen LogP contribution in [0.25, 0.3) is 0 Å². The van der Waals surface area contributed by atoms with Crippen LogP contribution in [0.15, 0.2) is 30.3 Å². The zero-order valence-electron chi connectivity index (χ0n) is 8.66. The largest absolute Gasteiger partial charge is 0.369 e. The van der Waals surface area contributed by atoms with Gasteiger partial charge in [0.05, 0.1) is 0 Å². The molecule has 0 bridgehead atoms. The second-order valence-corrected chi connectivity index (χ2v) is 5.63. The maximum absolute atomic E-state index is 11.3. The molecule has 0 fully saturated rings. The average molecular weight is 298 g/mol. The van der Waals surface area contributed by atoms with Gasteiger partial charge < -0.3 is 15.7 Å². The van der Waals surface area contributed by atoms with E-state index in [2.05, 4.69) is 10.6 Å². The average Bonchev–Trinajstić information content (AvgIpc) is 2.26. The number of halogens is 3. The highest BCUT2D eigenvalue weighted by atomic mass is 35.6. The molecule has 7 heteroatoms. The first-order chi connectivity index (χ1) is 7.89. The van der Waals surface area contributed by atoms with E-state index in [1.165, 1.54) is 0 Å². The third-order valence-electron chi connectivity index (χ3n) is 1.87. The summed E-state index contributed by atoms with van der Waals surface area (Å²) in [4.78, 5) is 11.3. The highest BCUT2D eigenvalue weighted by molar-refractivity contribution is 6.68. The first-order valence-electron chi connectivity index (χ1n) is 4.72. The number of urea groups is 1. The first-order valence-corrected chi connectivity index (χ1v) is 5.86. The van der Waals surface area contributed by atoms with Gasteiger partial charge in [0.15, 0.2) is 6.23 Å². The zero-order chi connectivity index (χ0) is 12.9. The van der Waals surface area contributed by atoms with Crippen molar-refractivity contribution in [2.24, 2.45) is 0 Å². The second-order valence-electron chi connectivity index (χ2n) is 3.26. The predicted molar refractivity (Wildman–Crippen MR) is 68.1 cm³/mol. The summed E-state index contributed by atoms with van der Waals surface area (Å²) in [6.45, 7) is 0.319. The molecule has 0 saturated carbocycles. The number of alkyl halides is 3. The maximum atomic E-state index is 11.3. The lowest BCUT2D eigenvalue weighted by Gasteiger charge is -2.20. The number of hydrogen-bond acceptors (Lipinski definition) is 2. The first kappa shape index (κ1) is 14.4. The van der Waals surface area contributed by atoms with Crippen LogP contribution in [0.1, 0.15) is 5.56 Å². The number of carbonyl (C=O) groups excluding carboxylic acids is 1. The quantitative estimate of drug-likeness (QED) is 0.591. The van der Waals surface area contributed by atoms with Gasteiger partial charge in [0.1, 0.15) is 0 Å². The molecule has 4 nitrogen and oxygen atoms in total. The molecule has 0 aliphatic heterocycles. The van der Waals surface area contributed by atoms with Crippen molar-refractivity contribution in [2.45, 2.75) is 16.6 Å². The fourth-order valence-corrected chi connectivity index (χ4v) is 1.20. The van der Waals surface area contributed by atoms with Crippen LogP contribution in [0.4, 0.5) is 4.79 Å². The molecule has 0 aromatic heterocycles. The molecule has 0 spiro atoms. The Balaban J connectivity index is 2.36. The van der Waals surface area contributed by atoms with Crippen LogP contribution in [0, 0.1) is 0 Å². The molecule has 0 heterocycles. The van der Waals surface area contributed by atoms with Crippen molar-refractivity contribution >= 4 is 40.8 Å². The standard InChI is InChI=1S/C10H11Cl3N2O2/c11-10(12,13)8(16)15-9(17)14-6-7-4-2-1-3-5-7/h1-5,8,16H,6H2,(H2,14,15,17)/t8-/m0/s1. The van der Waals surface area contributed by atoms with Gasteiger partial charge >= 0.3 is 6.03 Å². The number of amides is 2. The Morgan fingerprint density at radius 3 is 2.41 bits per heavy atom. The van der Waals surface area contributed by atoms with Crippen LogP contribution >= 0.6 is 34.8 Å². The van der Waals surface area contributed by atoms with Crippen molar-refractivity contribution in [3.8, 4) is 0 Å². The van der Waals surface area contributed by atoms with Gasteiger partial charge in [-0.1, -0.05) is 65.1 Å². The van der Waals surface area contributed by atoms with Crippen LogP contribution in [-0.2, 0) is 6.54 Å². The maximum Gasteiger partial charge on any atom is 0.317 e. The van der Waals surface area contributed by atoms with Crippen LogP contribution in [-0.4, -0.2) is 21.2 Å². The highest BCUT2D eigenvalue weighted by Gasteiger charge is 2.31. The van der Waals surface area contributed by atoms with Crippen molar-refractivity contribution in [3.63, 3.8) is 0 Å². The molecule has 0 radical (unpaired) electrons.